The van der Waals surface area contributed by atoms with Crippen LogP contribution in [-0.2, 0) is 4.79 Å². The Hall–Kier alpha value is -1.75. The molecular formula is C18H23N3OS. The molecular weight excluding hydrogens is 306 g/mol. The van der Waals surface area contributed by atoms with E-state index in [0.29, 0.717) is 0 Å². The van der Waals surface area contributed by atoms with Gasteiger partial charge < -0.3 is 4.90 Å². The lowest BCUT2D eigenvalue weighted by atomic mass is 9.93. The van der Waals surface area contributed by atoms with E-state index in [1.54, 1.807) is 11.3 Å². The van der Waals surface area contributed by atoms with Crippen LogP contribution in [-0.4, -0.2) is 27.3 Å². The maximum absolute atomic E-state index is 12.7. The predicted molar refractivity (Wildman–Crippen MR) is 93.2 cm³/mol. The van der Waals surface area contributed by atoms with Crippen molar-refractivity contribution in [3.8, 4) is 10.7 Å². The van der Waals surface area contributed by atoms with Gasteiger partial charge in [-0.1, -0.05) is 20.8 Å². The minimum atomic E-state index is -0.342. The molecule has 23 heavy (non-hydrogen) atoms. The molecule has 1 amide bonds. The Morgan fingerprint density at radius 1 is 1.35 bits per heavy atom. The van der Waals surface area contributed by atoms with Crippen molar-refractivity contribution in [2.45, 2.75) is 46.6 Å². The number of aromatic nitrogens is 2. The largest absolute Gasteiger partial charge is 0.335 e. The molecule has 0 aliphatic carbocycles. The van der Waals surface area contributed by atoms with Crippen LogP contribution in [0.5, 0.6) is 0 Å². The highest BCUT2D eigenvalue weighted by Gasteiger charge is 2.35. The molecule has 3 rings (SSSR count). The van der Waals surface area contributed by atoms with Gasteiger partial charge in [-0.2, -0.15) is 0 Å². The standard InChI is InChI=1S/C18H23N3OS/c1-12-11-20-16(23-12)14-10-13(7-8-19-14)15-6-5-9-21(15)17(22)18(2,3)4/h7-8,10-11,15H,5-6,9H2,1-4H3/t15-/m0/s1. The molecule has 2 aromatic heterocycles. The second-order valence-corrected chi connectivity index (χ2v) is 8.39. The number of rotatable bonds is 2. The van der Waals surface area contributed by atoms with Crippen molar-refractivity contribution in [2.24, 2.45) is 5.41 Å². The molecule has 2 aromatic rings. The fraction of sp³-hybridized carbons (Fsp3) is 0.500. The first-order chi connectivity index (χ1) is 10.9. The zero-order valence-corrected chi connectivity index (χ0v) is 15.0. The van der Waals surface area contributed by atoms with Gasteiger partial charge in [-0.3, -0.25) is 9.78 Å². The Morgan fingerprint density at radius 3 is 2.78 bits per heavy atom. The summed E-state index contributed by atoms with van der Waals surface area (Å²) in [5.74, 6) is 0.225. The second-order valence-electron chi connectivity index (χ2n) is 7.16. The predicted octanol–water partition coefficient (Wildman–Crippen LogP) is 4.22. The number of pyridine rings is 1. The van der Waals surface area contributed by atoms with Crippen LogP contribution in [0.1, 0.15) is 50.1 Å². The van der Waals surface area contributed by atoms with Gasteiger partial charge in [0.25, 0.3) is 0 Å². The number of amides is 1. The third kappa shape index (κ3) is 3.29. The summed E-state index contributed by atoms with van der Waals surface area (Å²) in [5.41, 5.74) is 1.72. The van der Waals surface area contributed by atoms with Crippen molar-refractivity contribution in [1.29, 1.82) is 0 Å². The number of likely N-dealkylation sites (tertiary alicyclic amines) is 1. The van der Waals surface area contributed by atoms with Crippen molar-refractivity contribution in [1.82, 2.24) is 14.9 Å². The molecule has 0 unspecified atom stereocenters. The fourth-order valence-electron chi connectivity index (χ4n) is 3.03. The van der Waals surface area contributed by atoms with Crippen LogP contribution in [0.4, 0.5) is 0 Å². The number of hydrogen-bond donors (Lipinski definition) is 0. The minimum Gasteiger partial charge on any atom is -0.335 e. The van der Waals surface area contributed by atoms with Crippen molar-refractivity contribution in [2.75, 3.05) is 6.54 Å². The molecule has 0 N–H and O–H groups in total. The number of nitrogens with zero attached hydrogens (tertiary/aromatic N) is 3. The third-order valence-corrected chi connectivity index (χ3v) is 5.10. The smallest absolute Gasteiger partial charge is 0.228 e. The molecule has 0 saturated carbocycles. The van der Waals surface area contributed by atoms with Crippen LogP contribution in [0.15, 0.2) is 24.5 Å². The molecule has 122 valence electrons. The topological polar surface area (TPSA) is 46.1 Å². The van der Waals surface area contributed by atoms with Crippen molar-refractivity contribution >= 4 is 17.2 Å². The van der Waals surface area contributed by atoms with Gasteiger partial charge in [0, 0.05) is 29.2 Å². The first-order valence-corrected chi connectivity index (χ1v) is 8.88. The lowest BCUT2D eigenvalue weighted by Crippen LogP contribution is -2.39. The summed E-state index contributed by atoms with van der Waals surface area (Å²) < 4.78 is 0. The van der Waals surface area contributed by atoms with Gasteiger partial charge in [0.15, 0.2) is 0 Å². The van der Waals surface area contributed by atoms with E-state index in [0.717, 1.165) is 35.7 Å². The highest BCUT2D eigenvalue weighted by atomic mass is 32.1. The van der Waals surface area contributed by atoms with Gasteiger partial charge >= 0.3 is 0 Å². The van der Waals surface area contributed by atoms with Gasteiger partial charge in [-0.05, 0) is 37.5 Å². The first-order valence-electron chi connectivity index (χ1n) is 8.06. The van der Waals surface area contributed by atoms with Crippen molar-refractivity contribution in [3.63, 3.8) is 0 Å². The first kappa shape index (κ1) is 16.1. The summed E-state index contributed by atoms with van der Waals surface area (Å²) >= 11 is 1.65. The Kier molecular flexibility index (Phi) is 4.23. The number of hydrogen-bond acceptors (Lipinski definition) is 4. The SMILES string of the molecule is Cc1cnc(-c2cc([C@@H]3CCCN3C(=O)C(C)(C)C)ccn2)s1. The van der Waals surface area contributed by atoms with Gasteiger partial charge in [-0.25, -0.2) is 4.98 Å². The Bertz CT molecular complexity index is 717. The summed E-state index contributed by atoms with van der Waals surface area (Å²) in [7, 11) is 0. The van der Waals surface area contributed by atoms with Crippen LogP contribution in [0.2, 0.25) is 0 Å². The molecule has 4 nitrogen and oxygen atoms in total. The van der Waals surface area contributed by atoms with E-state index < -0.39 is 0 Å². The van der Waals surface area contributed by atoms with Crippen LogP contribution < -0.4 is 0 Å². The Morgan fingerprint density at radius 2 is 2.13 bits per heavy atom. The van der Waals surface area contributed by atoms with E-state index in [1.165, 1.54) is 4.88 Å². The van der Waals surface area contributed by atoms with Crippen molar-refractivity contribution in [3.05, 3.63) is 35.0 Å². The van der Waals surface area contributed by atoms with Gasteiger partial charge in [0.1, 0.15) is 5.01 Å². The second kappa shape index (κ2) is 6.04. The summed E-state index contributed by atoms with van der Waals surface area (Å²) in [6, 6.07) is 4.28. The van der Waals surface area contributed by atoms with E-state index in [9.17, 15) is 4.79 Å². The van der Waals surface area contributed by atoms with Gasteiger partial charge in [0.05, 0.1) is 11.7 Å². The maximum atomic E-state index is 12.7. The summed E-state index contributed by atoms with van der Waals surface area (Å²) in [6.07, 6.45) is 5.78. The fourth-order valence-corrected chi connectivity index (χ4v) is 3.76. The number of aryl methyl sites for hydroxylation is 1. The molecule has 1 atom stereocenters. The van der Waals surface area contributed by atoms with Crippen molar-refractivity contribution < 1.29 is 4.79 Å². The Balaban J connectivity index is 1.90. The van der Waals surface area contributed by atoms with E-state index >= 15 is 0 Å². The van der Waals surface area contributed by atoms with E-state index in [-0.39, 0.29) is 17.4 Å². The van der Waals surface area contributed by atoms with E-state index in [1.807, 2.05) is 51.1 Å². The molecule has 1 aliphatic heterocycles. The monoisotopic (exact) mass is 329 g/mol. The molecule has 0 radical (unpaired) electrons. The molecule has 0 bridgehead atoms. The number of thiazole rings is 1. The van der Waals surface area contributed by atoms with Gasteiger partial charge in [-0.15, -0.1) is 11.3 Å². The average molecular weight is 329 g/mol. The molecule has 1 saturated heterocycles. The molecule has 5 heteroatoms. The zero-order chi connectivity index (χ0) is 16.6. The normalized spacial score (nSPS) is 18.4. The van der Waals surface area contributed by atoms with Crippen LogP contribution in [0, 0.1) is 12.3 Å². The van der Waals surface area contributed by atoms with Gasteiger partial charge in [0.2, 0.25) is 5.91 Å². The average Bonchev–Trinajstić information content (AvgIpc) is 3.14. The van der Waals surface area contributed by atoms with Crippen LogP contribution in [0.25, 0.3) is 10.7 Å². The summed E-state index contributed by atoms with van der Waals surface area (Å²) in [5, 5.41) is 0.941. The summed E-state index contributed by atoms with van der Waals surface area (Å²) in [6.45, 7) is 8.85. The maximum Gasteiger partial charge on any atom is 0.228 e. The number of carbonyl (C=O) groups is 1. The lowest BCUT2D eigenvalue weighted by molar-refractivity contribution is -0.140. The quantitative estimate of drug-likeness (QED) is 0.828. The number of carbonyl (C=O) groups excluding carboxylic acids is 1. The summed E-state index contributed by atoms with van der Waals surface area (Å²) in [4.78, 5) is 24.8. The van der Waals surface area contributed by atoms with E-state index in [4.69, 9.17) is 0 Å². The van der Waals surface area contributed by atoms with Crippen LogP contribution >= 0.6 is 11.3 Å². The highest BCUT2D eigenvalue weighted by molar-refractivity contribution is 7.14. The third-order valence-electron chi connectivity index (χ3n) is 4.16. The molecule has 1 fully saturated rings. The lowest BCUT2D eigenvalue weighted by Gasteiger charge is -2.31. The molecule has 0 aromatic carbocycles. The van der Waals surface area contributed by atoms with Crippen LogP contribution in [0.3, 0.4) is 0 Å². The minimum absolute atomic E-state index is 0.157. The molecule has 3 heterocycles. The molecule has 1 aliphatic rings. The zero-order valence-electron chi connectivity index (χ0n) is 14.2. The molecule has 0 spiro atoms. The Labute approximate surface area is 141 Å². The van der Waals surface area contributed by atoms with E-state index in [2.05, 4.69) is 16.0 Å². The highest BCUT2D eigenvalue weighted by Crippen LogP contribution is 2.36.